The van der Waals surface area contributed by atoms with Gasteiger partial charge >= 0.3 is 6.03 Å². The molecule has 1 rings (SSSR count). The van der Waals surface area contributed by atoms with Gasteiger partial charge in [-0.1, -0.05) is 0 Å². The summed E-state index contributed by atoms with van der Waals surface area (Å²) in [4.78, 5) is 24.2. The quantitative estimate of drug-likeness (QED) is 0.668. The highest BCUT2D eigenvalue weighted by Crippen LogP contribution is 2.06. The predicted octanol–water partition coefficient (Wildman–Crippen LogP) is -0.0721. The number of likely N-dealkylation sites (tertiary alicyclic amines) is 1. The van der Waals surface area contributed by atoms with E-state index in [1.54, 1.807) is 4.90 Å². The molecule has 1 aliphatic heterocycles. The molecule has 14 heavy (non-hydrogen) atoms. The molecule has 3 amide bonds. The van der Waals surface area contributed by atoms with Gasteiger partial charge in [-0.2, -0.15) is 0 Å². The van der Waals surface area contributed by atoms with Gasteiger partial charge in [-0.15, -0.1) is 0 Å². The van der Waals surface area contributed by atoms with E-state index in [-0.39, 0.29) is 18.5 Å². The van der Waals surface area contributed by atoms with Crippen LogP contribution in [0.25, 0.3) is 0 Å². The summed E-state index contributed by atoms with van der Waals surface area (Å²) < 4.78 is 0. The molecule has 5 heteroatoms. The number of urea groups is 1. The smallest absolute Gasteiger partial charge is 0.315 e. The molecule has 1 saturated heterocycles. The summed E-state index contributed by atoms with van der Waals surface area (Å²) in [5.41, 5.74) is 0. The lowest BCUT2D eigenvalue weighted by atomic mass is 10.4. The molecule has 0 spiro atoms. The van der Waals surface area contributed by atoms with Crippen molar-refractivity contribution in [3.8, 4) is 0 Å². The molecule has 1 aliphatic rings. The van der Waals surface area contributed by atoms with Crippen molar-refractivity contribution in [3.63, 3.8) is 0 Å². The van der Waals surface area contributed by atoms with Crippen LogP contribution in [0.1, 0.15) is 19.8 Å². The molecule has 0 radical (unpaired) electrons. The van der Waals surface area contributed by atoms with Gasteiger partial charge in [0.1, 0.15) is 0 Å². The number of hydrogen-bond donors (Lipinski definition) is 2. The molecule has 2 N–H and O–H groups in total. The number of nitrogens with zero attached hydrogens (tertiary/aromatic N) is 1. The maximum absolute atomic E-state index is 11.4. The summed E-state index contributed by atoms with van der Waals surface area (Å²) in [6.45, 7) is 4.17. The first-order valence-electron chi connectivity index (χ1n) is 5.03. The van der Waals surface area contributed by atoms with E-state index in [9.17, 15) is 9.59 Å². The van der Waals surface area contributed by atoms with Gasteiger partial charge in [0.05, 0.1) is 6.54 Å². The number of hydrogen-bond acceptors (Lipinski definition) is 2. The Morgan fingerprint density at radius 2 is 1.86 bits per heavy atom. The number of rotatable bonds is 3. The van der Waals surface area contributed by atoms with Gasteiger partial charge in [-0.25, -0.2) is 4.79 Å². The third kappa shape index (κ3) is 3.24. The van der Waals surface area contributed by atoms with Crippen LogP contribution in [-0.2, 0) is 4.79 Å². The number of amides is 3. The Morgan fingerprint density at radius 3 is 2.43 bits per heavy atom. The molecule has 80 valence electrons. The molecule has 0 aromatic carbocycles. The van der Waals surface area contributed by atoms with Crippen molar-refractivity contribution in [2.75, 3.05) is 26.2 Å². The summed E-state index contributed by atoms with van der Waals surface area (Å²) in [5, 5.41) is 5.09. The van der Waals surface area contributed by atoms with E-state index in [0.29, 0.717) is 6.54 Å². The minimum Gasteiger partial charge on any atom is -0.341 e. The van der Waals surface area contributed by atoms with Crippen LogP contribution in [0.4, 0.5) is 4.79 Å². The average Bonchev–Trinajstić information content (AvgIpc) is 2.67. The van der Waals surface area contributed by atoms with Crippen LogP contribution in [0.5, 0.6) is 0 Å². The first kappa shape index (κ1) is 10.8. The van der Waals surface area contributed by atoms with Gasteiger partial charge in [0.15, 0.2) is 0 Å². The second-order valence-corrected chi connectivity index (χ2v) is 3.30. The molecule has 0 bridgehead atoms. The highest BCUT2D eigenvalue weighted by molar-refractivity contribution is 5.84. The van der Waals surface area contributed by atoms with E-state index in [1.807, 2.05) is 6.92 Å². The second-order valence-electron chi connectivity index (χ2n) is 3.30. The van der Waals surface area contributed by atoms with Crippen LogP contribution in [0, 0.1) is 0 Å². The van der Waals surface area contributed by atoms with Crippen LogP contribution in [-0.4, -0.2) is 43.0 Å². The molecule has 1 fully saturated rings. The van der Waals surface area contributed by atoms with E-state index in [1.165, 1.54) is 0 Å². The Kier molecular flexibility index (Phi) is 4.22. The van der Waals surface area contributed by atoms with Gasteiger partial charge in [-0.05, 0) is 19.8 Å². The van der Waals surface area contributed by atoms with Crippen molar-refractivity contribution in [2.24, 2.45) is 0 Å². The van der Waals surface area contributed by atoms with Crippen LogP contribution in [0.15, 0.2) is 0 Å². The normalized spacial score (nSPS) is 15.4. The Labute approximate surface area is 83.8 Å². The molecule has 0 aromatic rings. The van der Waals surface area contributed by atoms with Gasteiger partial charge in [0.2, 0.25) is 5.91 Å². The van der Waals surface area contributed by atoms with Crippen molar-refractivity contribution in [3.05, 3.63) is 0 Å². The SMILES string of the molecule is CCNC(=O)NCC(=O)N1CCCC1. The Bertz CT molecular complexity index is 212. The zero-order valence-corrected chi connectivity index (χ0v) is 8.51. The zero-order chi connectivity index (χ0) is 10.4. The highest BCUT2D eigenvalue weighted by atomic mass is 16.2. The third-order valence-electron chi connectivity index (χ3n) is 2.20. The number of nitrogens with one attached hydrogen (secondary N) is 2. The van der Waals surface area contributed by atoms with Gasteiger partial charge in [-0.3, -0.25) is 4.79 Å². The standard InChI is InChI=1S/C9H17N3O2/c1-2-10-9(14)11-7-8(13)12-5-3-4-6-12/h2-7H2,1H3,(H2,10,11,14). The van der Waals surface area contributed by atoms with E-state index in [4.69, 9.17) is 0 Å². The largest absolute Gasteiger partial charge is 0.341 e. The third-order valence-corrected chi connectivity index (χ3v) is 2.20. The molecular weight excluding hydrogens is 182 g/mol. The first-order valence-corrected chi connectivity index (χ1v) is 5.03. The van der Waals surface area contributed by atoms with Crippen LogP contribution in [0.3, 0.4) is 0 Å². The van der Waals surface area contributed by atoms with E-state index in [2.05, 4.69) is 10.6 Å². The van der Waals surface area contributed by atoms with Gasteiger partial charge in [0, 0.05) is 19.6 Å². The van der Waals surface area contributed by atoms with Crippen molar-refractivity contribution in [2.45, 2.75) is 19.8 Å². The molecule has 0 unspecified atom stereocenters. The maximum Gasteiger partial charge on any atom is 0.315 e. The molecule has 5 nitrogen and oxygen atoms in total. The molecular formula is C9H17N3O2. The van der Waals surface area contributed by atoms with Crippen molar-refractivity contribution in [1.29, 1.82) is 0 Å². The number of carbonyl (C=O) groups excluding carboxylic acids is 2. The maximum atomic E-state index is 11.4. The molecule has 0 saturated carbocycles. The fourth-order valence-electron chi connectivity index (χ4n) is 1.46. The fourth-order valence-corrected chi connectivity index (χ4v) is 1.46. The molecule has 1 heterocycles. The number of carbonyl (C=O) groups is 2. The van der Waals surface area contributed by atoms with Crippen LogP contribution >= 0.6 is 0 Å². The summed E-state index contributed by atoms with van der Waals surface area (Å²) in [6, 6.07) is -0.278. The minimum absolute atomic E-state index is 0.00810. The van der Waals surface area contributed by atoms with Crippen LogP contribution < -0.4 is 10.6 Å². The summed E-state index contributed by atoms with van der Waals surface area (Å²) in [5.74, 6) is 0.00810. The fraction of sp³-hybridized carbons (Fsp3) is 0.778. The lowest BCUT2D eigenvalue weighted by Gasteiger charge is -2.15. The van der Waals surface area contributed by atoms with Crippen molar-refractivity contribution in [1.82, 2.24) is 15.5 Å². The monoisotopic (exact) mass is 199 g/mol. The molecule has 0 aliphatic carbocycles. The Hall–Kier alpha value is -1.26. The second kappa shape index (κ2) is 5.47. The van der Waals surface area contributed by atoms with Crippen molar-refractivity contribution >= 4 is 11.9 Å². The average molecular weight is 199 g/mol. The zero-order valence-electron chi connectivity index (χ0n) is 8.51. The molecule has 0 aromatic heterocycles. The Morgan fingerprint density at radius 1 is 1.21 bits per heavy atom. The van der Waals surface area contributed by atoms with E-state index < -0.39 is 0 Å². The van der Waals surface area contributed by atoms with Crippen LogP contribution in [0.2, 0.25) is 0 Å². The van der Waals surface area contributed by atoms with Gasteiger partial charge in [0.25, 0.3) is 0 Å². The summed E-state index contributed by atoms with van der Waals surface area (Å²) in [6.07, 6.45) is 2.15. The summed E-state index contributed by atoms with van der Waals surface area (Å²) >= 11 is 0. The first-order chi connectivity index (χ1) is 6.74. The van der Waals surface area contributed by atoms with E-state index in [0.717, 1.165) is 25.9 Å². The van der Waals surface area contributed by atoms with Gasteiger partial charge < -0.3 is 15.5 Å². The lowest BCUT2D eigenvalue weighted by Crippen LogP contribution is -2.42. The summed E-state index contributed by atoms with van der Waals surface area (Å²) in [7, 11) is 0. The Balaban J connectivity index is 2.17. The van der Waals surface area contributed by atoms with E-state index >= 15 is 0 Å². The topological polar surface area (TPSA) is 61.4 Å². The minimum atomic E-state index is -0.278. The lowest BCUT2D eigenvalue weighted by molar-refractivity contribution is -0.128. The van der Waals surface area contributed by atoms with Crippen molar-refractivity contribution < 1.29 is 9.59 Å². The highest BCUT2D eigenvalue weighted by Gasteiger charge is 2.17. The molecule has 0 atom stereocenters. The predicted molar refractivity (Wildman–Crippen MR) is 52.9 cm³/mol.